The van der Waals surface area contributed by atoms with Crippen LogP contribution in [0.4, 0.5) is 5.69 Å². The van der Waals surface area contributed by atoms with Gasteiger partial charge in [-0.3, -0.25) is 24.1 Å². The van der Waals surface area contributed by atoms with E-state index < -0.39 is 12.0 Å². The van der Waals surface area contributed by atoms with Crippen molar-refractivity contribution in [3.63, 3.8) is 0 Å². The van der Waals surface area contributed by atoms with Crippen LogP contribution in [0.15, 0.2) is 24.3 Å². The number of carbonyl (C=O) groups excluding carboxylic acids is 4. The van der Waals surface area contributed by atoms with E-state index in [0.29, 0.717) is 50.5 Å². The molecule has 0 aliphatic carbocycles. The Kier molecular flexibility index (Phi) is 9.92. The lowest BCUT2D eigenvalue weighted by molar-refractivity contribution is -0.148. The lowest BCUT2D eigenvalue weighted by Gasteiger charge is -2.33. The Morgan fingerprint density at radius 1 is 1.19 bits per heavy atom. The molecule has 3 N–H and O–H groups in total. The van der Waals surface area contributed by atoms with Crippen molar-refractivity contribution in [2.24, 2.45) is 0 Å². The standard InChI is InChI=1S/C21H30N4O6/c1-3-11-31-19(27)13-17-21(29)22-8-10-25(17)14-18(26)24-16-6-4-15(5-7-16)20(28)23-9-12-30-2/h4-7,17H,3,8-14H2,1-2H3,(H,22,29)(H,23,28)(H,24,26). The normalized spacial score (nSPS) is 16.3. The molecule has 0 bridgehead atoms. The Labute approximate surface area is 181 Å². The number of carbonyl (C=O) groups is 4. The Balaban J connectivity index is 1.90. The minimum atomic E-state index is -0.748. The van der Waals surface area contributed by atoms with E-state index in [1.165, 1.54) is 0 Å². The van der Waals surface area contributed by atoms with E-state index >= 15 is 0 Å². The quantitative estimate of drug-likeness (QED) is 0.334. The van der Waals surface area contributed by atoms with Crippen LogP contribution < -0.4 is 16.0 Å². The predicted molar refractivity (Wildman–Crippen MR) is 114 cm³/mol. The fourth-order valence-corrected chi connectivity index (χ4v) is 3.06. The Morgan fingerprint density at radius 2 is 1.94 bits per heavy atom. The highest BCUT2D eigenvalue weighted by molar-refractivity contribution is 5.96. The van der Waals surface area contributed by atoms with E-state index in [9.17, 15) is 19.2 Å². The van der Waals surface area contributed by atoms with Gasteiger partial charge in [0.15, 0.2) is 0 Å². The molecule has 1 aliphatic rings. The van der Waals surface area contributed by atoms with Crippen LogP contribution in [0.3, 0.4) is 0 Å². The van der Waals surface area contributed by atoms with E-state index in [1.54, 1.807) is 36.3 Å². The number of anilines is 1. The smallest absolute Gasteiger partial charge is 0.307 e. The summed E-state index contributed by atoms with van der Waals surface area (Å²) in [5.41, 5.74) is 0.992. The number of benzene rings is 1. The lowest BCUT2D eigenvalue weighted by Crippen LogP contribution is -2.57. The first-order chi connectivity index (χ1) is 14.9. The van der Waals surface area contributed by atoms with Crippen molar-refractivity contribution in [1.29, 1.82) is 0 Å². The zero-order chi connectivity index (χ0) is 22.6. The summed E-state index contributed by atoms with van der Waals surface area (Å²) in [7, 11) is 1.56. The van der Waals surface area contributed by atoms with Crippen LogP contribution in [-0.4, -0.2) is 81.1 Å². The van der Waals surface area contributed by atoms with E-state index in [-0.39, 0.29) is 30.7 Å². The molecule has 1 aromatic rings. The highest BCUT2D eigenvalue weighted by Gasteiger charge is 2.33. The van der Waals surface area contributed by atoms with Crippen molar-refractivity contribution in [3.05, 3.63) is 29.8 Å². The molecular formula is C21H30N4O6. The molecule has 31 heavy (non-hydrogen) atoms. The average Bonchev–Trinajstić information content (AvgIpc) is 2.75. The first-order valence-electron chi connectivity index (χ1n) is 10.3. The number of methoxy groups -OCH3 is 1. The number of nitrogens with zero attached hydrogens (tertiary/aromatic N) is 1. The van der Waals surface area contributed by atoms with E-state index in [4.69, 9.17) is 9.47 Å². The van der Waals surface area contributed by atoms with Gasteiger partial charge in [0, 0.05) is 38.0 Å². The summed E-state index contributed by atoms with van der Waals surface area (Å²) < 4.78 is 9.96. The van der Waals surface area contributed by atoms with Gasteiger partial charge in [-0.1, -0.05) is 6.92 Å². The maximum Gasteiger partial charge on any atom is 0.307 e. The van der Waals surface area contributed by atoms with Crippen LogP contribution >= 0.6 is 0 Å². The summed E-state index contributed by atoms with van der Waals surface area (Å²) >= 11 is 0. The van der Waals surface area contributed by atoms with Crippen LogP contribution in [0, 0.1) is 0 Å². The molecule has 10 nitrogen and oxygen atoms in total. The van der Waals surface area contributed by atoms with Gasteiger partial charge >= 0.3 is 5.97 Å². The van der Waals surface area contributed by atoms with Crippen molar-refractivity contribution in [2.75, 3.05) is 51.8 Å². The molecule has 170 valence electrons. The van der Waals surface area contributed by atoms with Crippen molar-refractivity contribution < 1.29 is 28.7 Å². The molecule has 1 aliphatic heterocycles. The van der Waals surface area contributed by atoms with E-state index in [2.05, 4.69) is 16.0 Å². The van der Waals surface area contributed by atoms with Crippen LogP contribution in [-0.2, 0) is 23.9 Å². The first-order valence-corrected chi connectivity index (χ1v) is 10.3. The van der Waals surface area contributed by atoms with Gasteiger partial charge in [0.2, 0.25) is 11.8 Å². The molecule has 1 unspecified atom stereocenters. The molecule has 0 radical (unpaired) electrons. The summed E-state index contributed by atoms with van der Waals surface area (Å²) in [5.74, 6) is -1.31. The fraction of sp³-hybridized carbons (Fsp3) is 0.524. The third kappa shape index (κ3) is 7.99. The number of amides is 3. The van der Waals surface area contributed by atoms with Crippen molar-refractivity contribution in [3.8, 4) is 0 Å². The molecule has 1 atom stereocenters. The van der Waals surface area contributed by atoms with Crippen LogP contribution in [0.1, 0.15) is 30.1 Å². The SMILES string of the molecule is CCCOC(=O)CC1C(=O)NCCN1CC(=O)Nc1ccc(C(=O)NCCOC)cc1. The highest BCUT2D eigenvalue weighted by Crippen LogP contribution is 2.13. The van der Waals surface area contributed by atoms with Gasteiger partial charge in [0.1, 0.15) is 6.04 Å². The summed E-state index contributed by atoms with van der Waals surface area (Å²) in [5, 5.41) is 8.18. The van der Waals surface area contributed by atoms with Crippen LogP contribution in [0.5, 0.6) is 0 Å². The first kappa shape index (κ1) is 24.3. The number of nitrogens with one attached hydrogen (secondary N) is 3. The molecule has 1 aromatic carbocycles. The summed E-state index contributed by atoms with van der Waals surface area (Å²) in [6, 6.07) is 5.73. The maximum atomic E-state index is 12.5. The van der Waals surface area contributed by atoms with Gasteiger partial charge in [-0.15, -0.1) is 0 Å². The van der Waals surface area contributed by atoms with Crippen molar-refractivity contribution in [1.82, 2.24) is 15.5 Å². The molecule has 1 saturated heterocycles. The number of hydrogen-bond acceptors (Lipinski definition) is 7. The van der Waals surface area contributed by atoms with E-state index in [0.717, 1.165) is 0 Å². The zero-order valence-electron chi connectivity index (χ0n) is 17.9. The highest BCUT2D eigenvalue weighted by atomic mass is 16.5. The maximum absolute atomic E-state index is 12.5. The Bertz CT molecular complexity index is 768. The minimum Gasteiger partial charge on any atom is -0.466 e. The van der Waals surface area contributed by atoms with Gasteiger partial charge in [0.25, 0.3) is 5.91 Å². The number of ether oxygens (including phenoxy) is 2. The monoisotopic (exact) mass is 434 g/mol. The number of esters is 1. The van der Waals surface area contributed by atoms with Gasteiger partial charge in [-0.2, -0.15) is 0 Å². The van der Waals surface area contributed by atoms with Crippen molar-refractivity contribution in [2.45, 2.75) is 25.8 Å². The second-order valence-corrected chi connectivity index (χ2v) is 7.08. The van der Waals surface area contributed by atoms with Gasteiger partial charge in [-0.25, -0.2) is 0 Å². The fourth-order valence-electron chi connectivity index (χ4n) is 3.06. The summed E-state index contributed by atoms with van der Waals surface area (Å²) in [6.45, 7) is 3.82. The molecule has 3 amide bonds. The summed E-state index contributed by atoms with van der Waals surface area (Å²) in [6.07, 6.45) is 0.592. The largest absolute Gasteiger partial charge is 0.466 e. The van der Waals surface area contributed by atoms with Gasteiger partial charge in [-0.05, 0) is 30.7 Å². The van der Waals surface area contributed by atoms with Crippen molar-refractivity contribution >= 4 is 29.4 Å². The average molecular weight is 434 g/mol. The van der Waals surface area contributed by atoms with Gasteiger partial charge in [0.05, 0.1) is 26.2 Å². The number of piperazine rings is 1. The second kappa shape index (κ2) is 12.7. The second-order valence-electron chi connectivity index (χ2n) is 7.08. The minimum absolute atomic E-state index is 0.0433. The van der Waals surface area contributed by atoms with Gasteiger partial charge < -0.3 is 25.4 Å². The van der Waals surface area contributed by atoms with E-state index in [1.807, 2.05) is 6.92 Å². The van der Waals surface area contributed by atoms with Crippen LogP contribution in [0.2, 0.25) is 0 Å². The number of hydrogen-bond donors (Lipinski definition) is 3. The summed E-state index contributed by atoms with van der Waals surface area (Å²) in [4.78, 5) is 50.3. The topological polar surface area (TPSA) is 126 Å². The van der Waals surface area contributed by atoms with Crippen LogP contribution in [0.25, 0.3) is 0 Å². The predicted octanol–water partition coefficient (Wildman–Crippen LogP) is 0.145. The molecule has 1 fully saturated rings. The third-order valence-electron chi connectivity index (χ3n) is 4.64. The third-order valence-corrected chi connectivity index (χ3v) is 4.64. The lowest BCUT2D eigenvalue weighted by atomic mass is 10.1. The molecular weight excluding hydrogens is 404 g/mol. The molecule has 0 saturated carbocycles. The Morgan fingerprint density at radius 3 is 2.61 bits per heavy atom. The molecule has 0 spiro atoms. The molecule has 10 heteroatoms. The molecule has 1 heterocycles. The molecule has 0 aromatic heterocycles. The number of rotatable bonds is 11. The Hall–Kier alpha value is -2.98. The molecule has 2 rings (SSSR count). The zero-order valence-corrected chi connectivity index (χ0v) is 17.9.